The van der Waals surface area contributed by atoms with Crippen LogP contribution in [0.1, 0.15) is 18.3 Å². The molecule has 5 heteroatoms. The van der Waals surface area contributed by atoms with E-state index in [-0.39, 0.29) is 6.61 Å². The SMILES string of the molecule is CCOC(c1ccccc1)P(=O)(O)O. The van der Waals surface area contributed by atoms with Gasteiger partial charge in [-0.3, -0.25) is 4.57 Å². The van der Waals surface area contributed by atoms with Crippen molar-refractivity contribution >= 4 is 7.60 Å². The van der Waals surface area contributed by atoms with Gasteiger partial charge in [0.2, 0.25) is 0 Å². The number of hydrogen-bond donors (Lipinski definition) is 2. The summed E-state index contributed by atoms with van der Waals surface area (Å²) in [6.45, 7) is 1.97. The molecule has 0 radical (unpaired) electrons. The van der Waals surface area contributed by atoms with Crippen LogP contribution in [0, 0.1) is 0 Å². The third kappa shape index (κ3) is 2.93. The molecule has 1 aromatic rings. The largest absolute Gasteiger partial charge is 0.361 e. The lowest BCUT2D eigenvalue weighted by molar-refractivity contribution is 0.0962. The van der Waals surface area contributed by atoms with Crippen molar-refractivity contribution < 1.29 is 19.1 Å². The van der Waals surface area contributed by atoms with E-state index in [0.717, 1.165) is 0 Å². The fourth-order valence-electron chi connectivity index (χ4n) is 1.16. The molecule has 0 bridgehead atoms. The molecular formula is C9H13O4P. The lowest BCUT2D eigenvalue weighted by Crippen LogP contribution is -2.04. The van der Waals surface area contributed by atoms with Crippen LogP contribution in [0.2, 0.25) is 0 Å². The zero-order valence-corrected chi connectivity index (χ0v) is 8.72. The van der Waals surface area contributed by atoms with Gasteiger partial charge in [-0.1, -0.05) is 30.3 Å². The van der Waals surface area contributed by atoms with Crippen molar-refractivity contribution in [1.29, 1.82) is 0 Å². The maximum atomic E-state index is 11.1. The summed E-state index contributed by atoms with van der Waals surface area (Å²) in [4.78, 5) is 18.1. The molecule has 0 aliphatic heterocycles. The highest BCUT2D eigenvalue weighted by molar-refractivity contribution is 7.52. The van der Waals surface area contributed by atoms with E-state index in [1.54, 1.807) is 37.3 Å². The summed E-state index contributed by atoms with van der Waals surface area (Å²) in [5.41, 5.74) is 0.502. The van der Waals surface area contributed by atoms with Crippen LogP contribution < -0.4 is 0 Å². The van der Waals surface area contributed by atoms with Crippen molar-refractivity contribution in [3.05, 3.63) is 35.9 Å². The van der Waals surface area contributed by atoms with Crippen LogP contribution in [0.15, 0.2) is 30.3 Å². The molecule has 1 unspecified atom stereocenters. The fourth-order valence-corrected chi connectivity index (χ4v) is 2.07. The Balaban J connectivity index is 2.95. The Morgan fingerprint density at radius 1 is 1.36 bits per heavy atom. The molecule has 0 fully saturated rings. The minimum Gasteiger partial charge on any atom is -0.361 e. The average molecular weight is 216 g/mol. The monoisotopic (exact) mass is 216 g/mol. The third-order valence-electron chi connectivity index (χ3n) is 1.71. The summed E-state index contributed by atoms with van der Waals surface area (Å²) in [6, 6.07) is 8.50. The average Bonchev–Trinajstić information content (AvgIpc) is 2.14. The van der Waals surface area contributed by atoms with E-state index in [2.05, 4.69) is 0 Å². The zero-order valence-electron chi connectivity index (χ0n) is 7.83. The normalized spacial score (nSPS) is 13.9. The molecule has 0 amide bonds. The summed E-state index contributed by atoms with van der Waals surface area (Å²) < 4.78 is 16.1. The first kappa shape index (κ1) is 11.4. The van der Waals surface area contributed by atoms with E-state index in [0.29, 0.717) is 5.56 Å². The highest BCUT2D eigenvalue weighted by Crippen LogP contribution is 2.52. The van der Waals surface area contributed by atoms with Gasteiger partial charge in [-0.25, -0.2) is 0 Å². The smallest absolute Gasteiger partial charge is 0.358 e. The van der Waals surface area contributed by atoms with Crippen molar-refractivity contribution in [2.45, 2.75) is 12.8 Å². The zero-order chi connectivity index (χ0) is 10.6. The maximum absolute atomic E-state index is 11.1. The van der Waals surface area contributed by atoms with Crippen LogP contribution in [0.4, 0.5) is 0 Å². The first-order chi connectivity index (χ1) is 6.55. The molecular weight excluding hydrogens is 203 g/mol. The molecule has 0 saturated heterocycles. The second-order valence-corrected chi connectivity index (χ2v) is 4.45. The third-order valence-corrected chi connectivity index (χ3v) is 2.77. The molecule has 0 aromatic heterocycles. The highest BCUT2D eigenvalue weighted by Gasteiger charge is 2.30. The molecule has 2 N–H and O–H groups in total. The lowest BCUT2D eigenvalue weighted by Gasteiger charge is -2.18. The van der Waals surface area contributed by atoms with Crippen LogP contribution in [0.25, 0.3) is 0 Å². The molecule has 14 heavy (non-hydrogen) atoms. The highest BCUT2D eigenvalue weighted by atomic mass is 31.2. The van der Waals surface area contributed by atoms with E-state index >= 15 is 0 Å². The van der Waals surface area contributed by atoms with Crippen molar-refractivity contribution in [3.63, 3.8) is 0 Å². The molecule has 0 spiro atoms. The summed E-state index contributed by atoms with van der Waals surface area (Å²) in [6.07, 6.45) is 0. The van der Waals surface area contributed by atoms with E-state index in [1.165, 1.54) is 0 Å². The van der Waals surface area contributed by atoms with Crippen molar-refractivity contribution in [3.8, 4) is 0 Å². The Labute approximate surface area is 82.7 Å². The number of hydrogen-bond acceptors (Lipinski definition) is 2. The van der Waals surface area contributed by atoms with E-state index < -0.39 is 13.4 Å². The first-order valence-corrected chi connectivity index (χ1v) is 5.95. The first-order valence-electron chi connectivity index (χ1n) is 4.27. The predicted molar refractivity (Wildman–Crippen MR) is 52.9 cm³/mol. The van der Waals surface area contributed by atoms with Crippen LogP contribution in [0.5, 0.6) is 0 Å². The van der Waals surface area contributed by atoms with E-state index in [9.17, 15) is 4.57 Å². The molecule has 1 aromatic carbocycles. The minimum atomic E-state index is -4.24. The van der Waals surface area contributed by atoms with Crippen LogP contribution in [0.3, 0.4) is 0 Å². The number of ether oxygens (including phenoxy) is 1. The van der Waals surface area contributed by atoms with Crippen molar-refractivity contribution in [1.82, 2.24) is 0 Å². The van der Waals surface area contributed by atoms with Crippen molar-refractivity contribution in [2.24, 2.45) is 0 Å². The van der Waals surface area contributed by atoms with Gasteiger partial charge in [-0.15, -0.1) is 0 Å². The van der Waals surface area contributed by atoms with Gasteiger partial charge in [0.1, 0.15) is 0 Å². The van der Waals surface area contributed by atoms with Crippen molar-refractivity contribution in [2.75, 3.05) is 6.61 Å². The van der Waals surface area contributed by atoms with Gasteiger partial charge in [0.25, 0.3) is 0 Å². The molecule has 1 atom stereocenters. The van der Waals surface area contributed by atoms with Crippen LogP contribution in [-0.2, 0) is 9.30 Å². The number of benzene rings is 1. The van der Waals surface area contributed by atoms with Gasteiger partial charge in [0.15, 0.2) is 5.85 Å². The maximum Gasteiger partial charge on any atom is 0.358 e. The lowest BCUT2D eigenvalue weighted by atomic mass is 10.2. The molecule has 78 valence electrons. The summed E-state index contributed by atoms with van der Waals surface area (Å²) >= 11 is 0. The number of rotatable bonds is 4. The Bertz CT molecular complexity index is 319. The Kier molecular flexibility index (Phi) is 3.84. The second-order valence-electron chi connectivity index (χ2n) is 2.81. The van der Waals surface area contributed by atoms with Gasteiger partial charge in [0.05, 0.1) is 0 Å². The molecule has 0 heterocycles. The van der Waals surface area contributed by atoms with E-state index in [4.69, 9.17) is 14.5 Å². The quantitative estimate of drug-likeness (QED) is 0.754. The summed E-state index contributed by atoms with van der Waals surface area (Å²) in [5.74, 6) is -1.14. The Morgan fingerprint density at radius 2 is 1.93 bits per heavy atom. The summed E-state index contributed by atoms with van der Waals surface area (Å²) in [5, 5.41) is 0. The van der Waals surface area contributed by atoms with Crippen LogP contribution >= 0.6 is 7.60 Å². The fraction of sp³-hybridized carbons (Fsp3) is 0.333. The minimum absolute atomic E-state index is 0.269. The standard InChI is InChI=1S/C9H13O4P/c1-2-13-9(14(10,11)12)8-6-4-3-5-7-8/h3-7,9H,2H2,1H3,(H2,10,11,12). The van der Waals surface area contributed by atoms with Gasteiger partial charge in [-0.05, 0) is 12.5 Å². The molecule has 1 rings (SSSR count). The second kappa shape index (κ2) is 4.71. The molecule has 0 aliphatic carbocycles. The molecule has 4 nitrogen and oxygen atoms in total. The predicted octanol–water partition coefficient (Wildman–Crippen LogP) is 1.90. The van der Waals surface area contributed by atoms with Gasteiger partial charge in [0, 0.05) is 6.61 Å². The Hall–Kier alpha value is -0.670. The van der Waals surface area contributed by atoms with Gasteiger partial charge < -0.3 is 14.5 Å². The summed E-state index contributed by atoms with van der Waals surface area (Å²) in [7, 11) is -4.24. The molecule has 0 aliphatic rings. The van der Waals surface area contributed by atoms with Gasteiger partial charge in [-0.2, -0.15) is 0 Å². The topological polar surface area (TPSA) is 66.8 Å². The molecule has 0 saturated carbocycles. The van der Waals surface area contributed by atoms with Crippen LogP contribution in [-0.4, -0.2) is 16.4 Å². The van der Waals surface area contributed by atoms with E-state index in [1.807, 2.05) is 0 Å². The van der Waals surface area contributed by atoms with Gasteiger partial charge >= 0.3 is 7.60 Å². The Morgan fingerprint density at radius 3 is 2.36 bits per heavy atom.